The monoisotopic (exact) mass is 395 g/mol. The summed E-state index contributed by atoms with van der Waals surface area (Å²) in [4.78, 5) is 40.9. The first-order valence-corrected chi connectivity index (χ1v) is 10.0. The summed E-state index contributed by atoms with van der Waals surface area (Å²) in [5.41, 5.74) is 1.75. The smallest absolute Gasteiger partial charge is 0.262 e. The van der Waals surface area contributed by atoms with E-state index in [1.54, 1.807) is 41.0 Å². The van der Waals surface area contributed by atoms with Gasteiger partial charge in [-0.3, -0.25) is 19.0 Å². The van der Waals surface area contributed by atoms with Crippen LogP contribution in [0.5, 0.6) is 0 Å². The fraction of sp³-hybridized carbons (Fsp3) is 0.238. The van der Waals surface area contributed by atoms with Crippen molar-refractivity contribution >= 4 is 40.0 Å². The fourth-order valence-electron chi connectivity index (χ4n) is 2.79. The molecule has 3 aromatic rings. The number of nitrogens with zero attached hydrogens (tertiary/aromatic N) is 2. The Hall–Kier alpha value is -2.93. The number of ketones is 1. The van der Waals surface area contributed by atoms with Gasteiger partial charge in [0, 0.05) is 17.8 Å². The van der Waals surface area contributed by atoms with E-state index in [1.165, 1.54) is 18.7 Å². The molecule has 3 rings (SSSR count). The number of anilines is 1. The quantitative estimate of drug-likeness (QED) is 0.374. The zero-order valence-corrected chi connectivity index (χ0v) is 16.6. The molecule has 0 unspecified atom stereocenters. The van der Waals surface area contributed by atoms with Crippen LogP contribution in [-0.2, 0) is 11.3 Å². The van der Waals surface area contributed by atoms with E-state index in [9.17, 15) is 14.4 Å². The molecular weight excluding hydrogens is 374 g/mol. The summed E-state index contributed by atoms with van der Waals surface area (Å²) in [6.07, 6.45) is 0.794. The summed E-state index contributed by atoms with van der Waals surface area (Å²) >= 11 is 1.24. The van der Waals surface area contributed by atoms with Gasteiger partial charge in [-0.15, -0.1) is 0 Å². The van der Waals surface area contributed by atoms with E-state index < -0.39 is 0 Å². The number of fused-ring (bicyclic) bond motifs is 1. The number of carbonyl (C=O) groups is 2. The maximum absolute atomic E-state index is 12.7. The number of benzene rings is 2. The summed E-state index contributed by atoms with van der Waals surface area (Å²) in [5.74, 6) is -0.0982. The molecule has 1 aromatic heterocycles. The van der Waals surface area contributed by atoms with Gasteiger partial charge in [0.25, 0.3) is 5.56 Å². The molecule has 0 radical (unpaired) electrons. The lowest BCUT2D eigenvalue weighted by atomic mass is 10.1. The summed E-state index contributed by atoms with van der Waals surface area (Å²) in [6.45, 7) is 4.04. The first-order chi connectivity index (χ1) is 13.5. The van der Waals surface area contributed by atoms with E-state index in [-0.39, 0.29) is 23.0 Å². The number of hydrogen-bond acceptors (Lipinski definition) is 5. The fourth-order valence-corrected chi connectivity index (χ4v) is 3.62. The van der Waals surface area contributed by atoms with E-state index in [2.05, 4.69) is 10.3 Å². The van der Waals surface area contributed by atoms with Gasteiger partial charge in [0.05, 0.1) is 16.7 Å². The molecule has 0 atom stereocenters. The molecule has 0 saturated carbocycles. The average molecular weight is 395 g/mol. The number of aromatic nitrogens is 2. The molecule has 7 heteroatoms. The normalized spacial score (nSPS) is 10.8. The van der Waals surface area contributed by atoms with Crippen molar-refractivity contribution in [3.8, 4) is 0 Å². The number of carbonyl (C=O) groups excluding carboxylic acids is 2. The summed E-state index contributed by atoms with van der Waals surface area (Å²) < 4.78 is 1.63. The van der Waals surface area contributed by atoms with Gasteiger partial charge < -0.3 is 5.32 Å². The van der Waals surface area contributed by atoms with Crippen LogP contribution in [0.4, 0.5) is 5.69 Å². The molecule has 1 N–H and O–H groups in total. The Kier molecular flexibility index (Phi) is 6.26. The highest BCUT2D eigenvalue weighted by Gasteiger charge is 2.13. The third-order valence-electron chi connectivity index (χ3n) is 4.18. The predicted molar refractivity (Wildman–Crippen MR) is 112 cm³/mol. The minimum Gasteiger partial charge on any atom is -0.325 e. The first-order valence-electron chi connectivity index (χ1n) is 9.03. The van der Waals surface area contributed by atoms with Crippen LogP contribution in [0.1, 0.15) is 30.6 Å². The Morgan fingerprint density at radius 1 is 1.11 bits per heavy atom. The summed E-state index contributed by atoms with van der Waals surface area (Å²) in [5, 5.41) is 3.91. The van der Waals surface area contributed by atoms with Crippen LogP contribution < -0.4 is 10.9 Å². The van der Waals surface area contributed by atoms with Crippen molar-refractivity contribution in [3.05, 3.63) is 64.4 Å². The topological polar surface area (TPSA) is 81.1 Å². The molecule has 2 aromatic carbocycles. The van der Waals surface area contributed by atoms with Gasteiger partial charge in [-0.1, -0.05) is 30.8 Å². The molecule has 144 valence electrons. The largest absolute Gasteiger partial charge is 0.325 e. The van der Waals surface area contributed by atoms with Gasteiger partial charge in [0.2, 0.25) is 5.91 Å². The van der Waals surface area contributed by atoms with Gasteiger partial charge in [0.15, 0.2) is 10.9 Å². The van der Waals surface area contributed by atoms with E-state index in [1.807, 2.05) is 19.1 Å². The second-order valence-corrected chi connectivity index (χ2v) is 7.28. The molecule has 0 aliphatic heterocycles. The van der Waals surface area contributed by atoms with Gasteiger partial charge in [0.1, 0.15) is 0 Å². The lowest BCUT2D eigenvalue weighted by Crippen LogP contribution is -2.24. The third kappa shape index (κ3) is 4.48. The molecule has 0 fully saturated rings. The molecule has 0 saturated heterocycles. The maximum Gasteiger partial charge on any atom is 0.262 e. The molecule has 0 bridgehead atoms. The van der Waals surface area contributed by atoms with Crippen LogP contribution in [0.25, 0.3) is 10.9 Å². The molecule has 6 nitrogen and oxygen atoms in total. The Balaban J connectivity index is 1.75. The first kappa shape index (κ1) is 19.8. The standard InChI is InChI=1S/C21H21N3O3S/c1-3-12-24-20(27)17-6-4-5-7-18(17)23-21(24)28-13-19(26)22-16-10-8-15(9-11-16)14(2)25/h4-11H,3,12-13H2,1-2H3,(H,22,26). The number of para-hydroxylation sites is 1. The highest BCUT2D eigenvalue weighted by Crippen LogP contribution is 2.19. The van der Waals surface area contributed by atoms with Gasteiger partial charge >= 0.3 is 0 Å². The number of rotatable bonds is 7. The Labute approximate surface area is 167 Å². The SMILES string of the molecule is CCCn1c(SCC(=O)Nc2ccc(C(C)=O)cc2)nc2ccccc2c1=O. The van der Waals surface area contributed by atoms with Crippen LogP contribution in [0.3, 0.4) is 0 Å². The highest BCUT2D eigenvalue weighted by atomic mass is 32.2. The molecule has 28 heavy (non-hydrogen) atoms. The molecule has 0 aliphatic carbocycles. The Morgan fingerprint density at radius 2 is 1.82 bits per heavy atom. The van der Waals surface area contributed by atoms with Crippen molar-refractivity contribution in [2.75, 3.05) is 11.1 Å². The number of nitrogens with one attached hydrogen (secondary N) is 1. The molecule has 0 spiro atoms. The third-order valence-corrected chi connectivity index (χ3v) is 5.16. The lowest BCUT2D eigenvalue weighted by Gasteiger charge is -2.12. The van der Waals surface area contributed by atoms with Crippen LogP contribution in [0.15, 0.2) is 58.5 Å². The van der Waals surface area contributed by atoms with E-state index >= 15 is 0 Å². The Morgan fingerprint density at radius 3 is 2.50 bits per heavy atom. The molecule has 0 aliphatic rings. The molecule has 1 heterocycles. The van der Waals surface area contributed by atoms with Crippen LogP contribution in [-0.4, -0.2) is 27.0 Å². The number of thioether (sulfide) groups is 1. The second-order valence-electron chi connectivity index (χ2n) is 6.34. The minimum absolute atomic E-state index is 0.0234. The van der Waals surface area contributed by atoms with Crippen molar-refractivity contribution in [2.24, 2.45) is 0 Å². The van der Waals surface area contributed by atoms with Crippen LogP contribution in [0, 0.1) is 0 Å². The Bertz CT molecular complexity index is 1070. The molecule has 1 amide bonds. The van der Waals surface area contributed by atoms with Crippen LogP contribution in [0.2, 0.25) is 0 Å². The van der Waals surface area contributed by atoms with Gasteiger partial charge in [-0.2, -0.15) is 0 Å². The number of Topliss-reactive ketones (excluding diaryl/α,β-unsaturated/α-hetero) is 1. The average Bonchev–Trinajstić information content (AvgIpc) is 2.69. The number of hydrogen-bond donors (Lipinski definition) is 1. The summed E-state index contributed by atoms with van der Waals surface area (Å²) in [6, 6.07) is 14.0. The summed E-state index contributed by atoms with van der Waals surface area (Å²) in [7, 11) is 0. The number of amides is 1. The molecular formula is C21H21N3O3S. The van der Waals surface area contributed by atoms with E-state index in [4.69, 9.17) is 0 Å². The lowest BCUT2D eigenvalue weighted by molar-refractivity contribution is -0.113. The van der Waals surface area contributed by atoms with Crippen molar-refractivity contribution in [1.29, 1.82) is 0 Å². The highest BCUT2D eigenvalue weighted by molar-refractivity contribution is 7.99. The zero-order chi connectivity index (χ0) is 20.1. The maximum atomic E-state index is 12.7. The van der Waals surface area contributed by atoms with Gasteiger partial charge in [-0.25, -0.2) is 4.98 Å². The second kappa shape index (κ2) is 8.84. The van der Waals surface area contributed by atoms with Gasteiger partial charge in [-0.05, 0) is 49.7 Å². The van der Waals surface area contributed by atoms with Crippen molar-refractivity contribution in [1.82, 2.24) is 9.55 Å². The predicted octanol–water partition coefficient (Wildman–Crippen LogP) is 3.74. The van der Waals surface area contributed by atoms with E-state index in [0.29, 0.717) is 33.9 Å². The van der Waals surface area contributed by atoms with Crippen molar-refractivity contribution in [3.63, 3.8) is 0 Å². The van der Waals surface area contributed by atoms with Crippen molar-refractivity contribution < 1.29 is 9.59 Å². The van der Waals surface area contributed by atoms with E-state index in [0.717, 1.165) is 6.42 Å². The van der Waals surface area contributed by atoms with Crippen LogP contribution >= 0.6 is 11.8 Å². The zero-order valence-electron chi connectivity index (χ0n) is 15.8. The minimum atomic E-state index is -0.203. The van der Waals surface area contributed by atoms with Crippen molar-refractivity contribution in [2.45, 2.75) is 32.0 Å².